The molecule has 0 aromatic carbocycles. The van der Waals surface area contributed by atoms with Crippen LogP contribution >= 0.6 is 34.5 Å². The van der Waals surface area contributed by atoms with E-state index in [1.54, 1.807) is 5.38 Å². The van der Waals surface area contributed by atoms with Gasteiger partial charge in [0.25, 0.3) is 0 Å². The van der Waals surface area contributed by atoms with Crippen LogP contribution in [0.1, 0.15) is 0 Å². The Hall–Kier alpha value is -0.450. The quantitative estimate of drug-likeness (QED) is 0.862. The zero-order chi connectivity index (χ0) is 9.14. The van der Waals surface area contributed by atoms with Gasteiger partial charge in [0.05, 0.1) is 0 Å². The monoisotopic (exact) mass is 226 g/mol. The summed E-state index contributed by atoms with van der Waals surface area (Å²) >= 11 is 12.5. The average Bonchev–Trinajstić information content (AvgIpc) is 2.30. The van der Waals surface area contributed by atoms with E-state index in [2.05, 4.69) is 0 Å². The molecule has 0 radical (unpaired) electrons. The maximum Gasteiger partial charge on any atom is 0.341 e. The summed E-state index contributed by atoms with van der Waals surface area (Å²) in [6.45, 7) is -0.410. The Labute approximate surface area is 82.5 Å². The number of rotatable bonds is 3. The van der Waals surface area contributed by atoms with Crippen LogP contribution in [-0.4, -0.2) is 17.7 Å². The number of carbonyl (C=O) groups is 1. The number of halogens is 2. The minimum absolute atomic E-state index is 0.267. The molecule has 0 fully saturated rings. The van der Waals surface area contributed by atoms with E-state index in [1.807, 2.05) is 0 Å². The van der Waals surface area contributed by atoms with Gasteiger partial charge in [-0.1, -0.05) is 23.2 Å². The molecule has 1 rings (SSSR count). The van der Waals surface area contributed by atoms with Crippen LogP contribution in [0.5, 0.6) is 5.75 Å². The first-order valence-electron chi connectivity index (χ1n) is 2.88. The zero-order valence-corrected chi connectivity index (χ0v) is 8.04. The molecule has 0 saturated carbocycles. The molecule has 1 N–H and O–H groups in total. The number of carboxylic acids is 1. The van der Waals surface area contributed by atoms with Gasteiger partial charge in [0.1, 0.15) is 9.36 Å². The molecule has 66 valence electrons. The molecule has 0 aliphatic rings. The van der Waals surface area contributed by atoms with E-state index in [-0.39, 0.29) is 5.02 Å². The number of thiophene rings is 1. The van der Waals surface area contributed by atoms with Crippen LogP contribution in [0.25, 0.3) is 0 Å². The maximum atomic E-state index is 10.1. The summed E-state index contributed by atoms with van der Waals surface area (Å²) in [5.74, 6) is -0.734. The minimum atomic E-state index is -1.05. The second-order valence-electron chi connectivity index (χ2n) is 1.87. The Balaban J connectivity index is 2.63. The second kappa shape index (κ2) is 3.98. The molecular weight excluding hydrogens is 223 g/mol. The number of hydrogen-bond donors (Lipinski definition) is 1. The smallest absolute Gasteiger partial charge is 0.341 e. The van der Waals surface area contributed by atoms with Crippen LogP contribution in [-0.2, 0) is 4.79 Å². The van der Waals surface area contributed by atoms with Crippen molar-refractivity contribution in [3.8, 4) is 5.75 Å². The first-order chi connectivity index (χ1) is 5.61. The van der Waals surface area contributed by atoms with Gasteiger partial charge >= 0.3 is 5.97 Å². The summed E-state index contributed by atoms with van der Waals surface area (Å²) < 4.78 is 5.21. The summed E-state index contributed by atoms with van der Waals surface area (Å²) in [6.07, 6.45) is 0. The van der Waals surface area contributed by atoms with Crippen LogP contribution in [0.15, 0.2) is 5.38 Å². The van der Waals surface area contributed by atoms with E-state index in [1.165, 1.54) is 11.3 Å². The fourth-order valence-electron chi connectivity index (χ4n) is 0.542. The molecular formula is C6H4Cl2O3S. The molecule has 12 heavy (non-hydrogen) atoms. The molecule has 3 nitrogen and oxygen atoms in total. The number of hydrogen-bond acceptors (Lipinski definition) is 3. The summed E-state index contributed by atoms with van der Waals surface area (Å²) in [5, 5.41) is 10.1. The van der Waals surface area contributed by atoms with Gasteiger partial charge in [0.15, 0.2) is 12.4 Å². The fraction of sp³-hybridized carbons (Fsp3) is 0.167. The number of ether oxygens (including phenoxy) is 1. The molecule has 0 spiro atoms. The van der Waals surface area contributed by atoms with Crippen LogP contribution in [0, 0.1) is 0 Å². The van der Waals surface area contributed by atoms with Crippen LogP contribution in [0.4, 0.5) is 0 Å². The van der Waals surface area contributed by atoms with E-state index < -0.39 is 12.6 Å². The second-order valence-corrected chi connectivity index (χ2v) is 3.73. The lowest BCUT2D eigenvalue weighted by molar-refractivity contribution is -0.139. The van der Waals surface area contributed by atoms with Crippen molar-refractivity contribution in [2.24, 2.45) is 0 Å². The van der Waals surface area contributed by atoms with E-state index in [4.69, 9.17) is 33.0 Å². The van der Waals surface area contributed by atoms with Crippen molar-refractivity contribution in [1.82, 2.24) is 0 Å². The SMILES string of the molecule is O=C(O)COc1csc(Cl)c1Cl. The molecule has 0 aliphatic heterocycles. The van der Waals surface area contributed by atoms with Crippen LogP contribution in [0.3, 0.4) is 0 Å². The lowest BCUT2D eigenvalue weighted by Gasteiger charge is -1.99. The Bertz CT molecular complexity index is 297. The van der Waals surface area contributed by atoms with Gasteiger partial charge in [0, 0.05) is 5.38 Å². The summed E-state index contributed by atoms with van der Waals surface area (Å²) in [5.41, 5.74) is 0. The van der Waals surface area contributed by atoms with E-state index in [0.717, 1.165) is 0 Å². The third-order valence-corrected chi connectivity index (χ3v) is 2.79. The number of aliphatic carboxylic acids is 1. The molecule has 0 amide bonds. The normalized spacial score (nSPS) is 9.83. The predicted octanol–water partition coefficient (Wildman–Crippen LogP) is 2.52. The first kappa shape index (κ1) is 9.64. The van der Waals surface area contributed by atoms with Crippen LogP contribution < -0.4 is 4.74 Å². The van der Waals surface area contributed by atoms with Crippen molar-refractivity contribution >= 4 is 40.5 Å². The Morgan fingerprint density at radius 2 is 2.33 bits per heavy atom. The first-order valence-corrected chi connectivity index (χ1v) is 4.52. The lowest BCUT2D eigenvalue weighted by Crippen LogP contribution is -2.08. The van der Waals surface area contributed by atoms with Gasteiger partial charge in [-0.25, -0.2) is 4.79 Å². The summed E-state index contributed by atoms with van der Waals surface area (Å²) in [4.78, 5) is 10.1. The van der Waals surface area contributed by atoms with Gasteiger partial charge in [-0.15, -0.1) is 11.3 Å². The molecule has 6 heteroatoms. The Kier molecular flexibility index (Phi) is 3.20. The van der Waals surface area contributed by atoms with Crippen molar-refractivity contribution in [3.63, 3.8) is 0 Å². The van der Waals surface area contributed by atoms with Gasteiger partial charge in [-0.3, -0.25) is 0 Å². The average molecular weight is 227 g/mol. The largest absolute Gasteiger partial charge is 0.479 e. The minimum Gasteiger partial charge on any atom is -0.479 e. The highest BCUT2D eigenvalue weighted by atomic mass is 35.5. The van der Waals surface area contributed by atoms with Gasteiger partial charge in [-0.2, -0.15) is 0 Å². The van der Waals surface area contributed by atoms with E-state index in [9.17, 15) is 4.79 Å². The summed E-state index contributed by atoms with van der Waals surface area (Å²) in [6, 6.07) is 0. The molecule has 1 aromatic heterocycles. The highest BCUT2D eigenvalue weighted by molar-refractivity contribution is 7.15. The fourth-order valence-corrected chi connectivity index (χ4v) is 1.68. The van der Waals surface area contributed by atoms with E-state index >= 15 is 0 Å². The molecule has 0 aliphatic carbocycles. The van der Waals surface area contributed by atoms with Crippen molar-refractivity contribution < 1.29 is 14.6 Å². The maximum absolute atomic E-state index is 10.1. The molecule has 0 bridgehead atoms. The highest BCUT2D eigenvalue weighted by Gasteiger charge is 2.09. The third-order valence-electron chi connectivity index (χ3n) is 1.01. The van der Waals surface area contributed by atoms with Crippen molar-refractivity contribution in [3.05, 3.63) is 14.7 Å². The van der Waals surface area contributed by atoms with Gasteiger partial charge in [0.2, 0.25) is 0 Å². The van der Waals surface area contributed by atoms with Crippen molar-refractivity contribution in [2.75, 3.05) is 6.61 Å². The number of carboxylic acid groups (broad SMARTS) is 1. The van der Waals surface area contributed by atoms with E-state index in [0.29, 0.717) is 10.1 Å². The Morgan fingerprint density at radius 1 is 1.67 bits per heavy atom. The standard InChI is InChI=1S/C6H4Cl2O3S/c7-5-3(2-12-6(5)8)11-1-4(9)10/h2H,1H2,(H,9,10). The molecule has 0 unspecified atom stereocenters. The molecule has 1 heterocycles. The van der Waals surface area contributed by atoms with Gasteiger partial charge < -0.3 is 9.84 Å². The Morgan fingerprint density at radius 3 is 2.75 bits per heavy atom. The van der Waals surface area contributed by atoms with Crippen molar-refractivity contribution in [1.29, 1.82) is 0 Å². The van der Waals surface area contributed by atoms with Gasteiger partial charge in [-0.05, 0) is 0 Å². The highest BCUT2D eigenvalue weighted by Crippen LogP contribution is 2.37. The van der Waals surface area contributed by atoms with Crippen LogP contribution in [0.2, 0.25) is 9.36 Å². The molecule has 0 saturated heterocycles. The molecule has 1 aromatic rings. The van der Waals surface area contributed by atoms with Crippen molar-refractivity contribution in [2.45, 2.75) is 0 Å². The predicted molar refractivity (Wildman–Crippen MR) is 47.5 cm³/mol. The lowest BCUT2D eigenvalue weighted by atomic mass is 10.6. The zero-order valence-electron chi connectivity index (χ0n) is 5.71. The summed E-state index contributed by atoms with van der Waals surface area (Å²) in [7, 11) is 0. The topological polar surface area (TPSA) is 46.5 Å². The molecule has 0 atom stereocenters. The third kappa shape index (κ3) is 2.27.